The first-order valence-electron chi connectivity index (χ1n) is 10.4. The molecule has 0 radical (unpaired) electrons. The zero-order chi connectivity index (χ0) is 18.6. The fraction of sp³-hybridized carbons (Fsp3) is 0.440. The Hall–Kier alpha value is -2.06. The van der Waals surface area contributed by atoms with Crippen LogP contribution in [-0.2, 0) is 4.74 Å². The van der Waals surface area contributed by atoms with Crippen molar-refractivity contribution in [1.29, 1.82) is 0 Å². The average Bonchev–Trinajstić information content (AvgIpc) is 3.15. The summed E-state index contributed by atoms with van der Waals surface area (Å²) >= 11 is 0. The zero-order valence-corrected chi connectivity index (χ0v) is 16.7. The van der Waals surface area contributed by atoms with E-state index in [1.54, 1.807) is 0 Å². The van der Waals surface area contributed by atoms with Crippen LogP contribution >= 0.6 is 0 Å². The molecule has 0 heterocycles. The van der Waals surface area contributed by atoms with E-state index in [1.165, 1.54) is 53.4 Å². The Morgan fingerprint density at radius 3 is 2.67 bits per heavy atom. The van der Waals surface area contributed by atoms with Crippen molar-refractivity contribution in [3.63, 3.8) is 0 Å². The van der Waals surface area contributed by atoms with Gasteiger partial charge in [-0.05, 0) is 61.8 Å². The Kier molecular flexibility index (Phi) is 3.77. The number of fused-ring (bicyclic) bond motifs is 1. The Balaban J connectivity index is 1.76. The SMILES string of the molecule is CCOC1=C[C@@]2(N(C)C)C(c3cccc4ccccc34)=C[C@@]13CCCC[C@H]32. The quantitative estimate of drug-likeness (QED) is 0.699. The van der Waals surface area contributed by atoms with Crippen LogP contribution in [0.4, 0.5) is 0 Å². The molecule has 27 heavy (non-hydrogen) atoms. The van der Waals surface area contributed by atoms with Crippen LogP contribution in [0, 0.1) is 11.3 Å². The lowest BCUT2D eigenvalue weighted by Crippen LogP contribution is -2.48. The Bertz CT molecular complexity index is 950. The highest BCUT2D eigenvalue weighted by atomic mass is 16.5. The van der Waals surface area contributed by atoms with Crippen LogP contribution in [0.15, 0.2) is 60.4 Å². The van der Waals surface area contributed by atoms with Crippen LogP contribution in [0.1, 0.15) is 38.2 Å². The topological polar surface area (TPSA) is 12.5 Å². The van der Waals surface area contributed by atoms with Crippen LogP contribution in [0.25, 0.3) is 16.3 Å². The fourth-order valence-corrected chi connectivity index (χ4v) is 6.19. The van der Waals surface area contributed by atoms with E-state index >= 15 is 0 Å². The standard InChI is InChI=1S/C25H29NO/c1-4-27-23-17-25(26(2)3)21(16-24(23)15-8-7-14-22(24)25)20-13-9-11-18-10-5-6-12-19(18)20/h5-6,9-13,16-17,22H,4,7-8,14-15H2,1-3H3/t22-,24-,25-/m1/s1. The van der Waals surface area contributed by atoms with E-state index < -0.39 is 0 Å². The lowest BCUT2D eigenvalue weighted by molar-refractivity contribution is 0.0760. The summed E-state index contributed by atoms with van der Waals surface area (Å²) in [4.78, 5) is 2.45. The molecule has 2 bridgehead atoms. The molecule has 0 aliphatic heterocycles. The van der Waals surface area contributed by atoms with Crippen molar-refractivity contribution in [1.82, 2.24) is 4.90 Å². The second-order valence-corrected chi connectivity index (χ2v) is 8.58. The van der Waals surface area contributed by atoms with Gasteiger partial charge in [-0.15, -0.1) is 0 Å². The van der Waals surface area contributed by atoms with Crippen LogP contribution in [0.2, 0.25) is 0 Å². The van der Waals surface area contributed by atoms with Crippen LogP contribution in [0.5, 0.6) is 0 Å². The van der Waals surface area contributed by atoms with Crippen molar-refractivity contribution in [3.8, 4) is 0 Å². The summed E-state index contributed by atoms with van der Waals surface area (Å²) in [6.45, 7) is 2.86. The number of nitrogens with zero attached hydrogens (tertiary/aromatic N) is 1. The lowest BCUT2D eigenvalue weighted by atomic mass is 9.66. The fourth-order valence-electron chi connectivity index (χ4n) is 6.19. The van der Waals surface area contributed by atoms with Crippen molar-refractivity contribution in [2.24, 2.45) is 11.3 Å². The average molecular weight is 360 g/mol. The van der Waals surface area contributed by atoms with Crippen molar-refractivity contribution in [3.05, 3.63) is 65.9 Å². The molecule has 140 valence electrons. The number of benzene rings is 2. The van der Waals surface area contributed by atoms with E-state index in [2.05, 4.69) is 80.5 Å². The molecule has 0 unspecified atom stereocenters. The highest BCUT2D eigenvalue weighted by Gasteiger charge is 2.65. The monoisotopic (exact) mass is 359 g/mol. The van der Waals surface area contributed by atoms with Crippen LogP contribution < -0.4 is 0 Å². The van der Waals surface area contributed by atoms with Crippen molar-refractivity contribution in [2.45, 2.75) is 38.1 Å². The maximum atomic E-state index is 6.23. The number of ether oxygens (including phenoxy) is 1. The van der Waals surface area contributed by atoms with E-state index in [4.69, 9.17) is 4.74 Å². The highest BCUT2D eigenvalue weighted by Crippen LogP contribution is 2.68. The van der Waals surface area contributed by atoms with E-state index in [9.17, 15) is 0 Å². The van der Waals surface area contributed by atoms with Gasteiger partial charge in [0.25, 0.3) is 0 Å². The number of hydrogen-bond donors (Lipinski definition) is 0. The smallest absolute Gasteiger partial charge is 0.104 e. The molecule has 0 aromatic heterocycles. The van der Waals surface area contributed by atoms with Gasteiger partial charge in [0.15, 0.2) is 0 Å². The second-order valence-electron chi connectivity index (χ2n) is 8.58. The van der Waals surface area contributed by atoms with Gasteiger partial charge in [0.05, 0.1) is 17.6 Å². The van der Waals surface area contributed by atoms with Crippen molar-refractivity contribution in [2.75, 3.05) is 20.7 Å². The Morgan fingerprint density at radius 2 is 1.85 bits per heavy atom. The molecular formula is C25H29NO. The summed E-state index contributed by atoms with van der Waals surface area (Å²) in [6.07, 6.45) is 10.2. The molecule has 1 fully saturated rings. The molecule has 0 N–H and O–H groups in total. The molecule has 0 spiro atoms. The number of rotatable bonds is 4. The number of allylic oxidation sites excluding steroid dienone is 1. The second kappa shape index (κ2) is 5.97. The molecule has 0 saturated heterocycles. The van der Waals surface area contributed by atoms with Gasteiger partial charge >= 0.3 is 0 Å². The predicted octanol–water partition coefficient (Wildman–Crippen LogP) is 5.65. The van der Waals surface area contributed by atoms with Gasteiger partial charge in [-0.3, -0.25) is 4.90 Å². The number of hydrogen-bond acceptors (Lipinski definition) is 2. The minimum atomic E-state index is -0.0605. The Morgan fingerprint density at radius 1 is 1.04 bits per heavy atom. The van der Waals surface area contributed by atoms with Gasteiger partial charge in [0.2, 0.25) is 0 Å². The molecular weight excluding hydrogens is 330 g/mol. The van der Waals surface area contributed by atoms with E-state index in [0.29, 0.717) is 5.92 Å². The van der Waals surface area contributed by atoms with Crippen molar-refractivity contribution >= 4 is 16.3 Å². The van der Waals surface area contributed by atoms with Gasteiger partial charge in [-0.25, -0.2) is 0 Å². The van der Waals surface area contributed by atoms with Gasteiger partial charge in [0, 0.05) is 5.92 Å². The number of likely N-dealkylation sites (N-methyl/N-ethyl adjacent to an activating group) is 1. The van der Waals surface area contributed by atoms with Gasteiger partial charge in [-0.1, -0.05) is 61.4 Å². The first-order chi connectivity index (χ1) is 13.1. The van der Waals surface area contributed by atoms with Gasteiger partial charge in [0.1, 0.15) is 5.76 Å². The van der Waals surface area contributed by atoms with E-state index in [-0.39, 0.29) is 11.0 Å². The molecule has 3 aliphatic carbocycles. The van der Waals surface area contributed by atoms with Gasteiger partial charge < -0.3 is 4.74 Å². The van der Waals surface area contributed by atoms with E-state index in [0.717, 1.165) is 6.61 Å². The first kappa shape index (κ1) is 17.1. The third kappa shape index (κ3) is 2.11. The molecule has 3 aliphatic rings. The zero-order valence-electron chi connectivity index (χ0n) is 16.7. The minimum absolute atomic E-state index is 0.0605. The summed E-state index contributed by atoms with van der Waals surface area (Å²) in [6, 6.07) is 15.5. The minimum Gasteiger partial charge on any atom is -0.498 e. The largest absolute Gasteiger partial charge is 0.498 e. The molecule has 3 atom stereocenters. The molecule has 5 rings (SSSR count). The summed E-state index contributed by atoms with van der Waals surface area (Å²) in [5.74, 6) is 1.82. The molecule has 0 amide bonds. The lowest BCUT2D eigenvalue weighted by Gasteiger charge is -2.44. The summed E-state index contributed by atoms with van der Waals surface area (Å²) in [7, 11) is 4.49. The highest BCUT2D eigenvalue weighted by molar-refractivity contribution is 5.98. The molecule has 1 saturated carbocycles. The summed E-state index contributed by atoms with van der Waals surface area (Å²) < 4.78 is 6.23. The summed E-state index contributed by atoms with van der Waals surface area (Å²) in [5, 5.41) is 2.68. The van der Waals surface area contributed by atoms with Crippen molar-refractivity contribution < 1.29 is 4.74 Å². The predicted molar refractivity (Wildman–Crippen MR) is 112 cm³/mol. The summed E-state index contributed by atoms with van der Waals surface area (Å²) in [5.41, 5.74) is 2.90. The molecule has 2 aromatic carbocycles. The molecule has 2 aromatic rings. The molecule has 2 nitrogen and oxygen atoms in total. The van der Waals surface area contributed by atoms with Crippen LogP contribution in [-0.4, -0.2) is 31.1 Å². The normalized spacial score (nSPS) is 31.8. The third-order valence-electron chi connectivity index (χ3n) is 7.25. The molecule has 2 heteroatoms. The maximum Gasteiger partial charge on any atom is 0.104 e. The van der Waals surface area contributed by atoms with Crippen LogP contribution in [0.3, 0.4) is 0 Å². The maximum absolute atomic E-state index is 6.23. The Labute approximate surface area is 162 Å². The first-order valence-corrected chi connectivity index (χ1v) is 10.4. The van der Waals surface area contributed by atoms with Gasteiger partial charge in [-0.2, -0.15) is 0 Å². The third-order valence-corrected chi connectivity index (χ3v) is 7.25. The van der Waals surface area contributed by atoms with E-state index in [1.807, 2.05) is 0 Å².